The Kier molecular flexibility index (Phi) is 11.7. The highest BCUT2D eigenvalue weighted by Gasteiger charge is 2.42. The third kappa shape index (κ3) is 8.34. The van der Waals surface area contributed by atoms with Gasteiger partial charge in [0.15, 0.2) is 0 Å². The molecule has 4 atom stereocenters. The lowest BCUT2D eigenvalue weighted by molar-refractivity contribution is -0.137. The fourth-order valence-electron chi connectivity index (χ4n) is 8.31. The van der Waals surface area contributed by atoms with Gasteiger partial charge in [-0.05, 0) is 72.6 Å². The number of carbonyl (C=O) groups excluding carboxylic acids is 4. The lowest BCUT2D eigenvalue weighted by atomic mass is 10.0. The second-order valence-electron chi connectivity index (χ2n) is 15.6. The van der Waals surface area contributed by atoms with E-state index in [1.807, 2.05) is 97.6 Å². The first-order valence-corrected chi connectivity index (χ1v) is 20.4. The van der Waals surface area contributed by atoms with Gasteiger partial charge in [-0.1, -0.05) is 80.3 Å². The first-order chi connectivity index (χ1) is 29.2. The van der Waals surface area contributed by atoms with Crippen molar-refractivity contribution in [1.82, 2.24) is 40.0 Å². The number of ether oxygens (including phenoxy) is 2. The molecule has 8 rings (SSSR count). The molecule has 14 nitrogen and oxygen atoms in total. The molecule has 0 aliphatic carbocycles. The number of amides is 4. The Morgan fingerprint density at radius 2 is 1.30 bits per heavy atom. The number of alkyl carbamates (subject to hydrolysis) is 1. The quantitative estimate of drug-likeness (QED) is 0.130. The summed E-state index contributed by atoms with van der Waals surface area (Å²) in [6.45, 7) is 5.58. The van der Waals surface area contributed by atoms with Crippen molar-refractivity contribution in [3.63, 3.8) is 0 Å². The average Bonchev–Trinajstić information content (AvgIpc) is 4.13. The molecule has 3 aromatic carbocycles. The second kappa shape index (κ2) is 17.5. The Morgan fingerprint density at radius 3 is 1.78 bits per heavy atom. The molecule has 3 aliphatic rings. The van der Waals surface area contributed by atoms with E-state index in [0.717, 1.165) is 64.9 Å². The van der Waals surface area contributed by atoms with Gasteiger partial charge in [-0.3, -0.25) is 14.5 Å². The maximum atomic E-state index is 14.2. The van der Waals surface area contributed by atoms with Crippen molar-refractivity contribution in [2.45, 2.75) is 63.7 Å². The number of hydrogen-bond acceptors (Lipinski definition) is 8. The molecule has 0 bridgehead atoms. The van der Waals surface area contributed by atoms with Crippen molar-refractivity contribution >= 4 is 24.0 Å². The van der Waals surface area contributed by atoms with Crippen LogP contribution in [0.1, 0.15) is 86.0 Å². The molecule has 60 heavy (non-hydrogen) atoms. The van der Waals surface area contributed by atoms with Crippen LogP contribution in [0.2, 0.25) is 0 Å². The Hall–Kier alpha value is -6.88. The van der Waals surface area contributed by atoms with E-state index in [2.05, 4.69) is 32.1 Å². The number of methoxy groups -OCH3 is 1. The number of aromatic amines is 2. The van der Waals surface area contributed by atoms with Crippen LogP contribution in [0.25, 0.3) is 22.5 Å². The molecule has 0 radical (unpaired) electrons. The molecule has 3 aliphatic heterocycles. The third-order valence-electron chi connectivity index (χ3n) is 11.5. The predicted octanol–water partition coefficient (Wildman–Crippen LogP) is 6.77. The average molecular weight is 809 g/mol. The van der Waals surface area contributed by atoms with E-state index < -0.39 is 24.3 Å². The van der Waals surface area contributed by atoms with E-state index in [9.17, 15) is 19.2 Å². The number of carbonyl (C=O) groups is 4. The molecular weight excluding hydrogens is 761 g/mol. The number of imidazole rings is 2. The summed E-state index contributed by atoms with van der Waals surface area (Å²) in [6, 6.07) is 23.4. The minimum absolute atomic E-state index is 0.108. The molecule has 0 unspecified atom stereocenters. The Bertz CT molecular complexity index is 2400. The van der Waals surface area contributed by atoms with Crippen molar-refractivity contribution in [3.05, 3.63) is 120 Å². The van der Waals surface area contributed by atoms with Crippen LogP contribution in [-0.2, 0) is 19.1 Å². The molecule has 0 saturated carbocycles. The lowest BCUT2D eigenvalue weighted by Gasteiger charge is -2.32. The van der Waals surface area contributed by atoms with Crippen molar-refractivity contribution in [2.75, 3.05) is 33.4 Å². The van der Waals surface area contributed by atoms with E-state index in [1.165, 1.54) is 12.0 Å². The number of aromatic nitrogens is 4. The van der Waals surface area contributed by atoms with E-state index in [1.54, 1.807) is 17.3 Å². The predicted molar refractivity (Wildman–Crippen MR) is 223 cm³/mol. The molecular formula is C46H48N8O6. The van der Waals surface area contributed by atoms with Crippen LogP contribution < -0.4 is 5.32 Å². The van der Waals surface area contributed by atoms with E-state index in [0.29, 0.717) is 31.3 Å². The third-order valence-corrected chi connectivity index (χ3v) is 11.5. The molecule has 3 fully saturated rings. The van der Waals surface area contributed by atoms with Gasteiger partial charge in [-0.25, -0.2) is 19.6 Å². The molecule has 308 valence electrons. The van der Waals surface area contributed by atoms with Crippen molar-refractivity contribution in [2.24, 2.45) is 5.92 Å². The van der Waals surface area contributed by atoms with Gasteiger partial charge in [-0.2, -0.15) is 0 Å². The number of hydrogen-bond donors (Lipinski definition) is 3. The minimum atomic E-state index is -0.760. The maximum Gasteiger partial charge on any atom is 0.410 e. The number of nitrogens with zero attached hydrogens (tertiary/aromatic N) is 5. The largest absolute Gasteiger partial charge is 0.453 e. The molecule has 3 N–H and O–H groups in total. The Balaban J connectivity index is 0.902. The molecule has 2 aromatic heterocycles. The second-order valence-corrected chi connectivity index (χ2v) is 15.6. The van der Waals surface area contributed by atoms with E-state index in [-0.39, 0.29) is 36.4 Å². The highest BCUT2D eigenvalue weighted by molar-refractivity contribution is 5.88. The molecule has 0 spiro atoms. The molecule has 3 saturated heterocycles. The van der Waals surface area contributed by atoms with Gasteiger partial charge in [-0.15, -0.1) is 0 Å². The van der Waals surface area contributed by atoms with Gasteiger partial charge in [0.2, 0.25) is 5.91 Å². The normalized spacial score (nSPS) is 18.5. The smallest absolute Gasteiger partial charge is 0.410 e. The van der Waals surface area contributed by atoms with Gasteiger partial charge in [0.25, 0.3) is 5.91 Å². The van der Waals surface area contributed by atoms with Gasteiger partial charge in [0, 0.05) is 24.2 Å². The number of rotatable bonds is 10. The first-order valence-electron chi connectivity index (χ1n) is 20.4. The fraction of sp³-hybridized carbons (Fsp3) is 0.348. The van der Waals surface area contributed by atoms with Crippen molar-refractivity contribution in [1.29, 1.82) is 0 Å². The minimum Gasteiger partial charge on any atom is -0.453 e. The number of cyclic esters (lactones) is 1. The summed E-state index contributed by atoms with van der Waals surface area (Å²) in [5.41, 5.74) is 6.05. The maximum absolute atomic E-state index is 14.2. The highest BCUT2D eigenvalue weighted by Crippen LogP contribution is 2.37. The van der Waals surface area contributed by atoms with Crippen molar-refractivity contribution in [3.8, 4) is 34.4 Å². The molecule has 4 amide bonds. The summed E-state index contributed by atoms with van der Waals surface area (Å²) in [6.07, 6.45) is 5.70. The zero-order valence-electron chi connectivity index (χ0n) is 33.9. The summed E-state index contributed by atoms with van der Waals surface area (Å²) in [7, 11) is 1.29. The SMILES string of the molecule is COC(=O)N[C@H](C(=O)N1CCC[C@H]1c1ncc(-c2ccc(C#Cc3ccc(-c4cnc([C@@H]5CCCN5C(=O)[C@@H](c5ccccc5)N5CCOC5=O)[nH]4)cc3)cc2)[nH]1)C(C)C. The van der Waals surface area contributed by atoms with E-state index in [4.69, 9.17) is 14.5 Å². The van der Waals surface area contributed by atoms with Crippen LogP contribution in [0.15, 0.2) is 91.3 Å². The zero-order chi connectivity index (χ0) is 41.8. The van der Waals surface area contributed by atoms with Gasteiger partial charge in [0.05, 0.1) is 49.5 Å². The van der Waals surface area contributed by atoms with Gasteiger partial charge < -0.3 is 34.6 Å². The van der Waals surface area contributed by atoms with Gasteiger partial charge >= 0.3 is 12.2 Å². The Morgan fingerprint density at radius 1 is 0.767 bits per heavy atom. The molecule has 14 heteroatoms. The number of benzene rings is 3. The fourth-order valence-corrected chi connectivity index (χ4v) is 8.31. The lowest BCUT2D eigenvalue weighted by Crippen LogP contribution is -2.51. The summed E-state index contributed by atoms with van der Waals surface area (Å²) in [5, 5.41) is 2.69. The number of nitrogens with one attached hydrogen (secondary N) is 3. The number of H-pyrrole nitrogens is 2. The summed E-state index contributed by atoms with van der Waals surface area (Å²) in [5.74, 6) is 7.55. The van der Waals surface area contributed by atoms with Crippen LogP contribution in [0, 0.1) is 17.8 Å². The zero-order valence-corrected chi connectivity index (χ0v) is 33.9. The van der Waals surface area contributed by atoms with Crippen LogP contribution >= 0.6 is 0 Å². The van der Waals surface area contributed by atoms with Crippen LogP contribution in [0.3, 0.4) is 0 Å². The van der Waals surface area contributed by atoms with E-state index >= 15 is 0 Å². The molecule has 5 heterocycles. The van der Waals surface area contributed by atoms with Crippen molar-refractivity contribution < 1.29 is 28.7 Å². The monoisotopic (exact) mass is 808 g/mol. The summed E-state index contributed by atoms with van der Waals surface area (Å²) < 4.78 is 9.97. The standard InChI is InChI=1S/C46H48N8O6/c1-29(2)39(51-45(57)59-3)43(55)52-23-7-11-37(52)41-47-27-35(49-41)32-19-15-30(16-20-32)13-14-31-17-21-33(22-18-31)36-28-48-42(50-36)38-12-8-24-53(38)44(56)40(34-9-5-4-6-10-34)54-25-26-60-46(54)58/h4-6,9-10,15-22,27-29,37-40H,7-8,11-12,23-26H2,1-3H3,(H,47,49)(H,48,50)(H,51,57)/t37-,38-,39-,40+/m0/s1. The molecule has 5 aromatic rings. The number of likely N-dealkylation sites (tertiary alicyclic amines) is 2. The van der Waals surface area contributed by atoms with Gasteiger partial charge in [0.1, 0.15) is 30.3 Å². The summed E-state index contributed by atoms with van der Waals surface area (Å²) in [4.78, 5) is 73.6. The summed E-state index contributed by atoms with van der Waals surface area (Å²) >= 11 is 0. The van der Waals surface area contributed by atoms with Crippen LogP contribution in [0.5, 0.6) is 0 Å². The topological polar surface area (TPSA) is 166 Å². The highest BCUT2D eigenvalue weighted by atomic mass is 16.6. The Labute approximate surface area is 348 Å². The van der Waals surface area contributed by atoms with Crippen LogP contribution in [-0.4, -0.2) is 98.0 Å². The first kappa shape index (κ1) is 39.9. The van der Waals surface area contributed by atoms with Crippen LogP contribution in [0.4, 0.5) is 9.59 Å².